The molecule has 0 aliphatic carbocycles. The lowest BCUT2D eigenvalue weighted by Gasteiger charge is -2.10. The van der Waals surface area contributed by atoms with Gasteiger partial charge in [-0.25, -0.2) is 4.98 Å². The molecule has 0 radical (unpaired) electrons. The van der Waals surface area contributed by atoms with E-state index < -0.39 is 0 Å². The Kier molecular flexibility index (Phi) is 5.20. The molecular formula is C15H19N5O. The summed E-state index contributed by atoms with van der Waals surface area (Å²) in [6.07, 6.45) is 5.98. The Morgan fingerprint density at radius 3 is 2.81 bits per heavy atom. The molecule has 2 N–H and O–H groups in total. The minimum atomic E-state index is -0.177. The maximum Gasteiger partial charge on any atom is 0.255 e. The SMILES string of the molecule is CCCNc1ncccc1C(=O)NCc1cnc(C)cn1. The van der Waals surface area contributed by atoms with Crippen molar-refractivity contribution in [2.24, 2.45) is 0 Å². The summed E-state index contributed by atoms with van der Waals surface area (Å²) >= 11 is 0. The fraction of sp³-hybridized carbons (Fsp3) is 0.333. The molecule has 6 nitrogen and oxygen atoms in total. The van der Waals surface area contributed by atoms with Crippen molar-refractivity contribution in [3.8, 4) is 0 Å². The van der Waals surface area contributed by atoms with Crippen LogP contribution >= 0.6 is 0 Å². The number of aryl methyl sites for hydroxylation is 1. The molecule has 2 aromatic rings. The molecule has 2 heterocycles. The van der Waals surface area contributed by atoms with Crippen LogP contribution in [0.4, 0.5) is 5.82 Å². The van der Waals surface area contributed by atoms with Gasteiger partial charge in [0.1, 0.15) is 5.82 Å². The van der Waals surface area contributed by atoms with Crippen LogP contribution in [0, 0.1) is 6.92 Å². The topological polar surface area (TPSA) is 79.8 Å². The number of rotatable bonds is 6. The van der Waals surface area contributed by atoms with Gasteiger partial charge in [0.2, 0.25) is 0 Å². The van der Waals surface area contributed by atoms with E-state index in [9.17, 15) is 4.79 Å². The number of nitrogens with one attached hydrogen (secondary N) is 2. The van der Waals surface area contributed by atoms with Crippen LogP contribution in [-0.2, 0) is 6.54 Å². The first kappa shape index (κ1) is 14.9. The number of amides is 1. The van der Waals surface area contributed by atoms with Crippen LogP contribution in [0.5, 0.6) is 0 Å². The van der Waals surface area contributed by atoms with E-state index in [1.807, 2.05) is 6.92 Å². The molecule has 0 atom stereocenters. The van der Waals surface area contributed by atoms with Gasteiger partial charge < -0.3 is 10.6 Å². The van der Waals surface area contributed by atoms with E-state index in [0.717, 1.165) is 24.4 Å². The van der Waals surface area contributed by atoms with Gasteiger partial charge in [-0.1, -0.05) is 6.92 Å². The largest absolute Gasteiger partial charge is 0.369 e. The van der Waals surface area contributed by atoms with Gasteiger partial charge in [0, 0.05) is 18.9 Å². The highest BCUT2D eigenvalue weighted by molar-refractivity contribution is 5.98. The van der Waals surface area contributed by atoms with Gasteiger partial charge in [0.15, 0.2) is 0 Å². The van der Waals surface area contributed by atoms with E-state index in [-0.39, 0.29) is 5.91 Å². The number of hydrogen-bond acceptors (Lipinski definition) is 5. The second kappa shape index (κ2) is 7.33. The highest BCUT2D eigenvalue weighted by atomic mass is 16.1. The summed E-state index contributed by atoms with van der Waals surface area (Å²) in [4.78, 5) is 24.8. The number of nitrogens with zero attached hydrogens (tertiary/aromatic N) is 3. The van der Waals surface area contributed by atoms with E-state index in [1.165, 1.54) is 0 Å². The number of carbonyl (C=O) groups excluding carboxylic acids is 1. The highest BCUT2D eigenvalue weighted by Crippen LogP contribution is 2.11. The molecule has 6 heteroatoms. The van der Waals surface area contributed by atoms with Crippen molar-refractivity contribution >= 4 is 11.7 Å². The molecule has 0 fully saturated rings. The summed E-state index contributed by atoms with van der Waals surface area (Å²) < 4.78 is 0. The maximum atomic E-state index is 12.2. The molecule has 21 heavy (non-hydrogen) atoms. The van der Waals surface area contributed by atoms with E-state index in [1.54, 1.807) is 30.7 Å². The zero-order valence-corrected chi connectivity index (χ0v) is 12.3. The van der Waals surface area contributed by atoms with E-state index >= 15 is 0 Å². The molecule has 0 aliphatic heterocycles. The zero-order valence-electron chi connectivity index (χ0n) is 12.3. The second-order valence-electron chi connectivity index (χ2n) is 4.66. The van der Waals surface area contributed by atoms with E-state index in [0.29, 0.717) is 17.9 Å². The fourth-order valence-electron chi connectivity index (χ4n) is 1.75. The predicted octanol–water partition coefficient (Wildman–Crippen LogP) is 1.93. The van der Waals surface area contributed by atoms with Crippen LogP contribution in [0.1, 0.15) is 35.1 Å². The molecular weight excluding hydrogens is 266 g/mol. The molecule has 110 valence electrons. The van der Waals surface area contributed by atoms with Gasteiger partial charge in [-0.15, -0.1) is 0 Å². The lowest BCUT2D eigenvalue weighted by molar-refractivity contribution is 0.0951. The number of aromatic nitrogens is 3. The Hall–Kier alpha value is -2.50. The van der Waals surface area contributed by atoms with E-state index in [2.05, 4.69) is 32.5 Å². The number of carbonyl (C=O) groups is 1. The maximum absolute atomic E-state index is 12.2. The van der Waals surface area contributed by atoms with Crippen LogP contribution in [0.3, 0.4) is 0 Å². The molecule has 2 rings (SSSR count). The predicted molar refractivity (Wildman–Crippen MR) is 81.0 cm³/mol. The van der Waals surface area contributed by atoms with Gasteiger partial charge in [-0.3, -0.25) is 14.8 Å². The summed E-state index contributed by atoms with van der Waals surface area (Å²) in [6.45, 7) is 5.05. The van der Waals surface area contributed by atoms with Crippen molar-refractivity contribution in [2.45, 2.75) is 26.8 Å². The third-order valence-corrected chi connectivity index (χ3v) is 2.86. The fourth-order valence-corrected chi connectivity index (χ4v) is 1.75. The summed E-state index contributed by atoms with van der Waals surface area (Å²) in [6, 6.07) is 3.50. The summed E-state index contributed by atoms with van der Waals surface area (Å²) in [5, 5.41) is 5.98. The van der Waals surface area contributed by atoms with Crippen LogP contribution in [0.15, 0.2) is 30.7 Å². The van der Waals surface area contributed by atoms with Crippen molar-refractivity contribution in [1.29, 1.82) is 0 Å². The average Bonchev–Trinajstić information content (AvgIpc) is 2.52. The molecule has 0 spiro atoms. The molecule has 0 bridgehead atoms. The van der Waals surface area contributed by atoms with Crippen LogP contribution in [0.25, 0.3) is 0 Å². The summed E-state index contributed by atoms with van der Waals surface area (Å²) in [5.41, 5.74) is 2.11. The number of pyridine rings is 1. The van der Waals surface area contributed by atoms with Gasteiger partial charge in [-0.05, 0) is 25.5 Å². The third-order valence-electron chi connectivity index (χ3n) is 2.86. The van der Waals surface area contributed by atoms with E-state index in [4.69, 9.17) is 0 Å². The Morgan fingerprint density at radius 2 is 2.10 bits per heavy atom. The summed E-state index contributed by atoms with van der Waals surface area (Å²) in [7, 11) is 0. The molecule has 0 aliphatic rings. The molecule has 0 aromatic carbocycles. The number of hydrogen-bond donors (Lipinski definition) is 2. The van der Waals surface area contributed by atoms with Crippen LogP contribution < -0.4 is 10.6 Å². The zero-order chi connectivity index (χ0) is 15.1. The molecule has 2 aromatic heterocycles. The molecule has 0 unspecified atom stereocenters. The first-order valence-corrected chi connectivity index (χ1v) is 6.95. The molecule has 1 amide bonds. The first-order chi connectivity index (χ1) is 10.2. The highest BCUT2D eigenvalue weighted by Gasteiger charge is 2.11. The quantitative estimate of drug-likeness (QED) is 0.847. The van der Waals surface area contributed by atoms with Crippen LogP contribution in [-0.4, -0.2) is 27.4 Å². The Balaban J connectivity index is 2.01. The van der Waals surface area contributed by atoms with Gasteiger partial charge in [-0.2, -0.15) is 0 Å². The minimum Gasteiger partial charge on any atom is -0.369 e. The van der Waals surface area contributed by atoms with Crippen molar-refractivity contribution in [2.75, 3.05) is 11.9 Å². The Bertz CT molecular complexity index is 597. The minimum absolute atomic E-state index is 0.177. The van der Waals surface area contributed by atoms with Crippen molar-refractivity contribution < 1.29 is 4.79 Å². The van der Waals surface area contributed by atoms with Gasteiger partial charge >= 0.3 is 0 Å². The van der Waals surface area contributed by atoms with Crippen molar-refractivity contribution in [3.05, 3.63) is 47.7 Å². The summed E-state index contributed by atoms with van der Waals surface area (Å²) in [5.74, 6) is 0.427. The molecule has 0 saturated carbocycles. The van der Waals surface area contributed by atoms with Gasteiger partial charge in [0.05, 0.1) is 29.7 Å². The normalized spacial score (nSPS) is 10.2. The lowest BCUT2D eigenvalue weighted by atomic mass is 10.2. The number of anilines is 1. The molecule has 0 saturated heterocycles. The van der Waals surface area contributed by atoms with Crippen molar-refractivity contribution in [1.82, 2.24) is 20.3 Å². The Morgan fingerprint density at radius 1 is 1.24 bits per heavy atom. The Labute approximate surface area is 124 Å². The standard InChI is InChI=1S/C15H19N5O/c1-3-6-16-14-13(5-4-7-17-14)15(21)20-10-12-9-18-11(2)8-19-12/h4-5,7-9H,3,6,10H2,1-2H3,(H,16,17)(H,20,21). The van der Waals surface area contributed by atoms with Crippen molar-refractivity contribution in [3.63, 3.8) is 0 Å². The lowest BCUT2D eigenvalue weighted by Crippen LogP contribution is -2.25. The average molecular weight is 285 g/mol. The monoisotopic (exact) mass is 285 g/mol. The van der Waals surface area contributed by atoms with Gasteiger partial charge in [0.25, 0.3) is 5.91 Å². The second-order valence-corrected chi connectivity index (χ2v) is 4.66. The smallest absolute Gasteiger partial charge is 0.255 e. The van der Waals surface area contributed by atoms with Crippen LogP contribution in [0.2, 0.25) is 0 Å². The third kappa shape index (κ3) is 4.24. The first-order valence-electron chi connectivity index (χ1n) is 6.95.